The molecule has 1 amide bonds. The second kappa shape index (κ2) is 10.9. The number of rotatable bonds is 7. The van der Waals surface area contributed by atoms with Crippen LogP contribution < -0.4 is 0 Å². The summed E-state index contributed by atoms with van der Waals surface area (Å²) >= 11 is 1.47. The highest BCUT2D eigenvalue weighted by Gasteiger charge is 2.28. The number of thioether (sulfide) groups is 1. The van der Waals surface area contributed by atoms with Crippen molar-refractivity contribution in [1.82, 2.24) is 24.6 Å². The highest BCUT2D eigenvalue weighted by atomic mass is 32.2. The van der Waals surface area contributed by atoms with E-state index in [9.17, 15) is 4.79 Å². The van der Waals surface area contributed by atoms with Gasteiger partial charge in [-0.05, 0) is 61.9 Å². The molecule has 4 aromatic rings. The third kappa shape index (κ3) is 5.46. The molecule has 0 N–H and O–H groups in total. The van der Waals surface area contributed by atoms with E-state index < -0.39 is 0 Å². The summed E-state index contributed by atoms with van der Waals surface area (Å²) in [5.74, 6) is 1.54. The quantitative estimate of drug-likeness (QED) is 0.334. The molecule has 1 aliphatic heterocycles. The summed E-state index contributed by atoms with van der Waals surface area (Å²) in [7, 11) is 0. The minimum absolute atomic E-state index is 0.168. The molecule has 2 aromatic heterocycles. The van der Waals surface area contributed by atoms with Crippen LogP contribution in [-0.4, -0.2) is 48.9 Å². The Morgan fingerprint density at radius 3 is 2.29 bits per heavy atom. The van der Waals surface area contributed by atoms with Gasteiger partial charge in [-0.1, -0.05) is 60.3 Å². The Balaban J connectivity index is 1.28. The van der Waals surface area contributed by atoms with Gasteiger partial charge in [-0.2, -0.15) is 0 Å². The van der Waals surface area contributed by atoms with Crippen LogP contribution >= 0.6 is 11.8 Å². The first kappa shape index (κ1) is 23.3. The van der Waals surface area contributed by atoms with Crippen LogP contribution in [0.25, 0.3) is 17.1 Å². The van der Waals surface area contributed by atoms with Crippen molar-refractivity contribution in [3.63, 3.8) is 0 Å². The van der Waals surface area contributed by atoms with Crippen LogP contribution in [0.4, 0.5) is 0 Å². The Hall–Kier alpha value is -3.45. The Morgan fingerprint density at radius 2 is 1.60 bits per heavy atom. The summed E-state index contributed by atoms with van der Waals surface area (Å²) in [6, 6.07) is 24.5. The normalized spacial score (nSPS) is 15.2. The van der Waals surface area contributed by atoms with Gasteiger partial charge in [-0.25, -0.2) is 0 Å². The predicted molar refractivity (Wildman–Crippen MR) is 139 cm³/mol. The van der Waals surface area contributed by atoms with Crippen LogP contribution in [0.3, 0.4) is 0 Å². The number of para-hydroxylation sites is 1. The maximum absolute atomic E-state index is 13.3. The maximum Gasteiger partial charge on any atom is 0.235 e. The first-order chi connectivity index (χ1) is 17.2. The number of carbonyl (C=O) groups is 1. The van der Waals surface area contributed by atoms with Gasteiger partial charge in [0.2, 0.25) is 5.91 Å². The molecule has 0 aliphatic carbocycles. The van der Waals surface area contributed by atoms with Gasteiger partial charge in [-0.3, -0.25) is 14.3 Å². The van der Waals surface area contributed by atoms with E-state index in [2.05, 4.69) is 45.5 Å². The topological polar surface area (TPSA) is 63.9 Å². The summed E-state index contributed by atoms with van der Waals surface area (Å²) in [6.07, 6.45) is 6.68. The fourth-order valence-corrected chi connectivity index (χ4v) is 5.57. The summed E-state index contributed by atoms with van der Waals surface area (Å²) in [6.45, 7) is 3.60. The third-order valence-electron chi connectivity index (χ3n) is 6.51. The number of aromatic nitrogens is 4. The molecule has 2 aromatic carbocycles. The largest absolute Gasteiger partial charge is 0.342 e. The van der Waals surface area contributed by atoms with Gasteiger partial charge in [0.15, 0.2) is 11.0 Å². The monoisotopic (exact) mass is 483 g/mol. The van der Waals surface area contributed by atoms with E-state index in [0.717, 1.165) is 49.4 Å². The average molecular weight is 484 g/mol. The van der Waals surface area contributed by atoms with Crippen LogP contribution in [0.15, 0.2) is 90.3 Å². The first-order valence-corrected chi connectivity index (χ1v) is 13.0. The Kier molecular flexibility index (Phi) is 7.23. The lowest BCUT2D eigenvalue weighted by molar-refractivity contribution is -0.131. The lowest BCUT2D eigenvalue weighted by Crippen LogP contribution is -2.42. The highest BCUT2D eigenvalue weighted by molar-refractivity contribution is 8.00. The molecule has 0 saturated carbocycles. The zero-order chi connectivity index (χ0) is 24.0. The molecule has 0 spiro atoms. The molecule has 3 heterocycles. The Bertz CT molecular complexity index is 1240. The van der Waals surface area contributed by atoms with Gasteiger partial charge in [0, 0.05) is 36.7 Å². The van der Waals surface area contributed by atoms with Gasteiger partial charge in [0.25, 0.3) is 0 Å². The van der Waals surface area contributed by atoms with E-state index in [1.165, 1.54) is 17.3 Å². The van der Waals surface area contributed by atoms with Crippen LogP contribution in [0.2, 0.25) is 0 Å². The zero-order valence-electron chi connectivity index (χ0n) is 19.8. The van der Waals surface area contributed by atoms with Crippen molar-refractivity contribution in [2.24, 2.45) is 5.92 Å². The maximum atomic E-state index is 13.3. The lowest BCUT2D eigenvalue weighted by Gasteiger charge is -2.33. The van der Waals surface area contributed by atoms with E-state index in [1.54, 1.807) is 12.4 Å². The van der Waals surface area contributed by atoms with Gasteiger partial charge in [0.1, 0.15) is 0 Å². The second-order valence-corrected chi connectivity index (χ2v) is 10.2. The molecule has 1 saturated heterocycles. The Labute approximate surface area is 210 Å². The molecule has 1 aliphatic rings. The number of hydrogen-bond donors (Lipinski definition) is 0. The molecule has 5 rings (SSSR count). The highest BCUT2D eigenvalue weighted by Crippen LogP contribution is 2.31. The van der Waals surface area contributed by atoms with Gasteiger partial charge in [0.05, 0.1) is 5.25 Å². The molecule has 178 valence electrons. The molecule has 7 heteroatoms. The third-order valence-corrected chi connectivity index (χ3v) is 7.54. The van der Waals surface area contributed by atoms with Crippen LogP contribution in [-0.2, 0) is 11.2 Å². The van der Waals surface area contributed by atoms with Crippen molar-refractivity contribution in [2.45, 2.75) is 36.6 Å². The molecule has 0 radical (unpaired) electrons. The van der Waals surface area contributed by atoms with E-state index in [1.807, 2.05) is 58.9 Å². The number of nitrogens with zero attached hydrogens (tertiary/aromatic N) is 5. The second-order valence-electron chi connectivity index (χ2n) is 8.93. The van der Waals surface area contributed by atoms with E-state index in [0.29, 0.717) is 11.1 Å². The number of benzene rings is 2. The molecular formula is C28H29N5OS. The smallest absolute Gasteiger partial charge is 0.235 e. The van der Waals surface area contributed by atoms with Crippen molar-refractivity contribution < 1.29 is 4.79 Å². The molecule has 1 unspecified atom stereocenters. The number of pyridine rings is 1. The zero-order valence-corrected chi connectivity index (χ0v) is 20.6. The first-order valence-electron chi connectivity index (χ1n) is 12.1. The van der Waals surface area contributed by atoms with Gasteiger partial charge >= 0.3 is 0 Å². The average Bonchev–Trinajstić information content (AvgIpc) is 3.33. The van der Waals surface area contributed by atoms with Crippen molar-refractivity contribution in [1.29, 1.82) is 0 Å². The summed E-state index contributed by atoms with van der Waals surface area (Å²) in [4.78, 5) is 19.5. The number of carbonyl (C=O) groups excluding carboxylic acids is 1. The van der Waals surface area contributed by atoms with Crippen molar-refractivity contribution in [3.05, 3.63) is 90.8 Å². The number of likely N-dealkylation sites (tertiary alicyclic amines) is 1. The minimum Gasteiger partial charge on any atom is -0.342 e. The van der Waals surface area contributed by atoms with Crippen LogP contribution in [0, 0.1) is 5.92 Å². The molecule has 1 atom stereocenters. The fourth-order valence-electron chi connectivity index (χ4n) is 4.61. The minimum atomic E-state index is -0.252. The SMILES string of the molecule is CC(Sc1nnc(-c2ccncc2)n1-c1ccccc1)C(=O)N1CCC(Cc2ccccc2)CC1. The van der Waals surface area contributed by atoms with Gasteiger partial charge in [-0.15, -0.1) is 10.2 Å². The van der Waals surface area contributed by atoms with E-state index in [4.69, 9.17) is 0 Å². The van der Waals surface area contributed by atoms with Crippen LogP contribution in [0.1, 0.15) is 25.3 Å². The standard InChI is InChI=1S/C28H29N5OS/c1-21(27(34)32-18-14-23(15-19-32)20-22-8-4-2-5-9-22)35-28-31-30-26(24-12-16-29-17-13-24)33(28)25-10-6-3-7-11-25/h2-13,16-17,21,23H,14-15,18-20H2,1H3. The van der Waals surface area contributed by atoms with Gasteiger partial charge < -0.3 is 4.90 Å². The number of piperidine rings is 1. The number of hydrogen-bond acceptors (Lipinski definition) is 5. The summed E-state index contributed by atoms with van der Waals surface area (Å²) < 4.78 is 2.02. The summed E-state index contributed by atoms with van der Waals surface area (Å²) in [5, 5.41) is 9.42. The van der Waals surface area contributed by atoms with Crippen molar-refractivity contribution in [3.8, 4) is 17.1 Å². The number of amides is 1. The summed E-state index contributed by atoms with van der Waals surface area (Å²) in [5.41, 5.74) is 3.28. The molecular weight excluding hydrogens is 454 g/mol. The molecule has 6 nitrogen and oxygen atoms in total. The predicted octanol–water partition coefficient (Wildman–Crippen LogP) is 5.29. The van der Waals surface area contributed by atoms with Crippen molar-refractivity contribution >= 4 is 17.7 Å². The molecule has 35 heavy (non-hydrogen) atoms. The van der Waals surface area contributed by atoms with E-state index in [-0.39, 0.29) is 11.2 Å². The molecule has 0 bridgehead atoms. The lowest BCUT2D eigenvalue weighted by atomic mass is 9.90. The van der Waals surface area contributed by atoms with Crippen molar-refractivity contribution in [2.75, 3.05) is 13.1 Å². The van der Waals surface area contributed by atoms with Crippen LogP contribution in [0.5, 0.6) is 0 Å². The van der Waals surface area contributed by atoms with E-state index >= 15 is 0 Å². The molecule has 1 fully saturated rings. The fraction of sp³-hybridized carbons (Fsp3) is 0.286. The Morgan fingerprint density at radius 1 is 0.943 bits per heavy atom.